The van der Waals surface area contributed by atoms with Gasteiger partial charge in [-0.05, 0) is 18.2 Å². The molecule has 0 unspecified atom stereocenters. The number of hydrogen-bond donors (Lipinski definition) is 0. The average molecular weight is 436 g/mol. The third-order valence-corrected chi connectivity index (χ3v) is 3.79. The topological polar surface area (TPSA) is 57.1 Å². The second kappa shape index (κ2) is 6.14. The van der Waals surface area contributed by atoms with Crippen molar-refractivity contribution >= 4 is 69.6 Å². The van der Waals surface area contributed by atoms with E-state index in [0.717, 1.165) is 0 Å². The largest absolute Gasteiger partial charge is 0.454 e. The molecule has 0 bridgehead atoms. The summed E-state index contributed by atoms with van der Waals surface area (Å²) in [7, 11) is 0. The first kappa shape index (κ1) is 17.4. The molecule has 1 aromatic carbocycles. The van der Waals surface area contributed by atoms with Crippen molar-refractivity contribution in [1.29, 1.82) is 0 Å². The molecule has 23 heavy (non-hydrogen) atoms. The summed E-state index contributed by atoms with van der Waals surface area (Å²) in [6, 6.07) is 5.07. The van der Waals surface area contributed by atoms with Gasteiger partial charge in [0.05, 0.1) is 0 Å². The van der Waals surface area contributed by atoms with E-state index in [1.165, 1.54) is 0 Å². The number of aromatic nitrogens is 3. The molecule has 1 aliphatic heterocycles. The van der Waals surface area contributed by atoms with Gasteiger partial charge in [-0.25, -0.2) is 15.0 Å². The van der Waals surface area contributed by atoms with Gasteiger partial charge in [-0.15, -0.1) is 0 Å². The third-order valence-electron chi connectivity index (χ3n) is 2.77. The van der Waals surface area contributed by atoms with Crippen LogP contribution in [0.2, 0.25) is 0 Å². The summed E-state index contributed by atoms with van der Waals surface area (Å²) in [6.45, 7) is 0.134. The van der Waals surface area contributed by atoms with Crippen LogP contribution in [-0.4, -0.2) is 21.7 Å². The van der Waals surface area contributed by atoms with E-state index in [0.29, 0.717) is 17.1 Å². The zero-order valence-corrected chi connectivity index (χ0v) is 15.4. The van der Waals surface area contributed by atoms with Crippen LogP contribution in [0, 0.1) is 0 Å². The minimum absolute atomic E-state index is 0.134. The lowest BCUT2D eigenvalue weighted by Crippen LogP contribution is -2.16. The number of ether oxygens (including phenoxy) is 2. The molecule has 0 radical (unpaired) electrons. The molecule has 5 nitrogen and oxygen atoms in total. The molecule has 1 aliphatic rings. The van der Waals surface area contributed by atoms with Crippen LogP contribution in [-0.2, 0) is 7.59 Å². The zero-order chi connectivity index (χ0) is 16.8. The number of fused-ring (bicyclic) bond motifs is 1. The lowest BCUT2D eigenvalue weighted by atomic mass is 10.2. The Labute approximate surface area is 160 Å². The first-order chi connectivity index (χ1) is 10.6. The molecule has 2 aromatic rings. The summed E-state index contributed by atoms with van der Waals surface area (Å²) in [5, 5.41) is 0. The van der Waals surface area contributed by atoms with Gasteiger partial charge in [0.15, 0.2) is 29.0 Å². The van der Waals surface area contributed by atoms with E-state index in [2.05, 4.69) is 15.0 Å². The van der Waals surface area contributed by atoms with Crippen LogP contribution in [0.4, 0.5) is 0 Å². The predicted octanol–water partition coefficient (Wildman–Crippen LogP) is 4.92. The normalized spacial score (nSPS) is 14.2. The fourth-order valence-electron chi connectivity index (χ4n) is 1.79. The maximum Gasteiger partial charge on any atom is 0.250 e. The number of rotatable bonds is 1. The molecule has 1 aromatic heterocycles. The van der Waals surface area contributed by atoms with Crippen LogP contribution in [0.1, 0.15) is 11.6 Å². The Hall–Kier alpha value is -0.430. The Balaban J connectivity index is 2.15. The quantitative estimate of drug-likeness (QED) is 0.595. The van der Waals surface area contributed by atoms with Crippen molar-refractivity contribution in [3.05, 3.63) is 29.8 Å². The highest BCUT2D eigenvalue weighted by Gasteiger charge is 2.34. The van der Waals surface area contributed by atoms with Crippen LogP contribution in [0.5, 0.6) is 11.5 Å². The highest BCUT2D eigenvalue weighted by molar-refractivity contribution is 6.67. The summed E-state index contributed by atoms with van der Waals surface area (Å²) in [5.41, 5.74) is 0.558. The highest BCUT2D eigenvalue weighted by atomic mass is 35.6. The van der Waals surface area contributed by atoms with Crippen LogP contribution >= 0.6 is 69.6 Å². The van der Waals surface area contributed by atoms with Crippen LogP contribution < -0.4 is 9.47 Å². The van der Waals surface area contributed by atoms with Gasteiger partial charge in [0.25, 0.3) is 0 Å². The minimum Gasteiger partial charge on any atom is -0.454 e. The Morgan fingerprint density at radius 1 is 0.783 bits per heavy atom. The van der Waals surface area contributed by atoms with Crippen molar-refractivity contribution in [1.82, 2.24) is 15.0 Å². The SMILES string of the molecule is ClC(Cl)(Cl)c1nc(-c2ccc3c(c2)OCO3)nc(C(Cl)(Cl)Cl)n1. The second-order valence-corrected chi connectivity index (χ2v) is 8.93. The number of benzene rings is 1. The van der Waals surface area contributed by atoms with E-state index in [1.807, 2.05) is 0 Å². The Bertz CT molecular complexity index is 727. The number of halogens is 6. The summed E-state index contributed by atoms with van der Waals surface area (Å²) in [6.07, 6.45) is 0. The van der Waals surface area contributed by atoms with Crippen molar-refractivity contribution in [3.8, 4) is 22.9 Å². The van der Waals surface area contributed by atoms with Gasteiger partial charge in [0.1, 0.15) is 0 Å². The van der Waals surface area contributed by atoms with Gasteiger partial charge in [0, 0.05) is 5.56 Å². The maximum atomic E-state index is 5.84. The lowest BCUT2D eigenvalue weighted by Gasteiger charge is -2.15. The molecule has 0 spiro atoms. The summed E-state index contributed by atoms with van der Waals surface area (Å²) in [5.74, 6) is 0.985. The molecule has 2 heterocycles. The first-order valence-corrected chi connectivity index (χ1v) is 8.22. The number of alkyl halides is 6. The van der Waals surface area contributed by atoms with Gasteiger partial charge in [-0.3, -0.25) is 0 Å². The maximum absolute atomic E-state index is 5.84. The summed E-state index contributed by atoms with van der Waals surface area (Å²) >= 11 is 35.0. The van der Waals surface area contributed by atoms with E-state index in [-0.39, 0.29) is 24.3 Å². The van der Waals surface area contributed by atoms with Crippen LogP contribution in [0.15, 0.2) is 18.2 Å². The number of hydrogen-bond acceptors (Lipinski definition) is 5. The minimum atomic E-state index is -1.90. The molecule has 0 N–H and O–H groups in total. The number of nitrogens with zero attached hydrogens (tertiary/aromatic N) is 3. The molecule has 0 aliphatic carbocycles. The van der Waals surface area contributed by atoms with Gasteiger partial charge in [-0.2, -0.15) is 0 Å². The van der Waals surface area contributed by atoms with Gasteiger partial charge in [0.2, 0.25) is 14.4 Å². The van der Waals surface area contributed by atoms with E-state index in [1.54, 1.807) is 18.2 Å². The van der Waals surface area contributed by atoms with E-state index in [9.17, 15) is 0 Å². The molecule has 0 saturated carbocycles. The molecule has 0 fully saturated rings. The fraction of sp³-hybridized carbons (Fsp3) is 0.250. The van der Waals surface area contributed by atoms with Gasteiger partial charge < -0.3 is 9.47 Å². The molecule has 0 atom stereocenters. The van der Waals surface area contributed by atoms with E-state index >= 15 is 0 Å². The van der Waals surface area contributed by atoms with E-state index < -0.39 is 7.59 Å². The second-order valence-electron chi connectivity index (χ2n) is 4.37. The third kappa shape index (κ3) is 3.81. The molecule has 3 rings (SSSR count). The van der Waals surface area contributed by atoms with Crippen molar-refractivity contribution < 1.29 is 9.47 Å². The Morgan fingerprint density at radius 3 is 1.91 bits per heavy atom. The van der Waals surface area contributed by atoms with Crippen LogP contribution in [0.25, 0.3) is 11.4 Å². The highest BCUT2D eigenvalue weighted by Crippen LogP contribution is 2.41. The molecule has 11 heteroatoms. The smallest absolute Gasteiger partial charge is 0.250 e. The zero-order valence-electron chi connectivity index (χ0n) is 10.9. The first-order valence-electron chi connectivity index (χ1n) is 5.95. The molecule has 122 valence electrons. The fourth-order valence-corrected chi connectivity index (χ4v) is 2.30. The Morgan fingerprint density at radius 2 is 1.35 bits per heavy atom. The van der Waals surface area contributed by atoms with Crippen molar-refractivity contribution in [2.75, 3.05) is 6.79 Å². The Kier molecular flexibility index (Phi) is 4.64. The van der Waals surface area contributed by atoms with Crippen molar-refractivity contribution in [3.63, 3.8) is 0 Å². The summed E-state index contributed by atoms with van der Waals surface area (Å²) < 4.78 is 6.74. The summed E-state index contributed by atoms with van der Waals surface area (Å²) in [4.78, 5) is 12.2. The van der Waals surface area contributed by atoms with E-state index in [4.69, 9.17) is 79.1 Å². The molecule has 0 saturated heterocycles. The van der Waals surface area contributed by atoms with Crippen molar-refractivity contribution in [2.24, 2.45) is 0 Å². The van der Waals surface area contributed by atoms with Crippen molar-refractivity contribution in [2.45, 2.75) is 7.59 Å². The standard InChI is InChI=1S/C12H5Cl6N3O2/c13-11(14,15)9-19-8(20-10(21-9)12(16,17)18)5-1-2-6-7(3-5)23-4-22-6/h1-3H,4H2. The van der Waals surface area contributed by atoms with Gasteiger partial charge >= 0.3 is 0 Å². The molecular formula is C12H5Cl6N3O2. The van der Waals surface area contributed by atoms with Gasteiger partial charge in [-0.1, -0.05) is 69.6 Å². The molecule has 0 amide bonds. The average Bonchev–Trinajstić information content (AvgIpc) is 2.92. The monoisotopic (exact) mass is 433 g/mol. The molecular weight excluding hydrogens is 431 g/mol. The lowest BCUT2D eigenvalue weighted by molar-refractivity contribution is 0.174. The predicted molar refractivity (Wildman–Crippen MR) is 89.9 cm³/mol. The van der Waals surface area contributed by atoms with Crippen LogP contribution in [0.3, 0.4) is 0 Å².